The van der Waals surface area contributed by atoms with Crippen LogP contribution < -0.4 is 0 Å². The second kappa shape index (κ2) is 3.85. The molecule has 80 valence electrons. The average Bonchev–Trinajstić information content (AvgIpc) is 2.63. The number of hydrogen-bond donors (Lipinski definition) is 0. The third-order valence-corrected chi connectivity index (χ3v) is 3.04. The molecular weight excluding hydrogens is 206 g/mol. The lowest BCUT2D eigenvalue weighted by atomic mass is 10.0. The van der Waals surface area contributed by atoms with Gasteiger partial charge >= 0.3 is 0 Å². The van der Waals surface area contributed by atoms with Crippen molar-refractivity contribution in [3.63, 3.8) is 0 Å². The molecule has 0 saturated carbocycles. The molecule has 0 saturated heterocycles. The largest absolute Gasteiger partial charge is 0.258 e. The van der Waals surface area contributed by atoms with Gasteiger partial charge in [0.25, 0.3) is 0 Å². The quantitative estimate of drug-likeness (QED) is 0.780. The molecule has 0 amide bonds. The van der Waals surface area contributed by atoms with Crippen LogP contribution in [-0.2, 0) is 0 Å². The minimum absolute atomic E-state index is 0.401. The highest BCUT2D eigenvalue weighted by atomic mass is 32.1. The summed E-state index contributed by atoms with van der Waals surface area (Å²) in [6.07, 6.45) is 1.95. The van der Waals surface area contributed by atoms with Gasteiger partial charge in [0.1, 0.15) is 11.0 Å². The summed E-state index contributed by atoms with van der Waals surface area (Å²) >= 11 is 1.28. The highest BCUT2D eigenvalue weighted by Gasteiger charge is 2.15. The maximum absolute atomic E-state index is 4.50. The van der Waals surface area contributed by atoms with Crippen LogP contribution in [0, 0.1) is 0 Å². The normalized spacial score (nSPS) is 11.9. The summed E-state index contributed by atoms with van der Waals surface area (Å²) in [5.74, 6) is 0.850. The summed E-state index contributed by atoms with van der Waals surface area (Å²) in [7, 11) is 0. The number of nitrogens with zero attached hydrogens (tertiary/aromatic N) is 3. The Hall–Kier alpha value is -1.03. The minimum atomic E-state index is 0.401. The summed E-state index contributed by atoms with van der Waals surface area (Å²) in [5.41, 5.74) is 4.28. The standard InChI is InChI=1S/C11H15N3S/c1-6(2)8-5-12-9(7(3)4)11-10(8)13-15-14-11/h5-7H,1-4H3. The second-order valence-corrected chi connectivity index (χ2v) is 4.90. The van der Waals surface area contributed by atoms with E-state index >= 15 is 0 Å². The molecule has 2 aromatic rings. The highest BCUT2D eigenvalue weighted by Crippen LogP contribution is 2.28. The maximum Gasteiger partial charge on any atom is 0.126 e. The van der Waals surface area contributed by atoms with Crippen molar-refractivity contribution in [3.05, 3.63) is 17.5 Å². The zero-order valence-electron chi connectivity index (χ0n) is 9.48. The summed E-state index contributed by atoms with van der Waals surface area (Å²) in [6.45, 7) is 8.59. The van der Waals surface area contributed by atoms with E-state index in [2.05, 4.69) is 41.4 Å². The number of aromatic nitrogens is 3. The molecule has 0 aliphatic rings. The third-order valence-electron chi connectivity index (χ3n) is 2.52. The average molecular weight is 221 g/mol. The Morgan fingerprint density at radius 2 is 1.67 bits per heavy atom. The first-order chi connectivity index (χ1) is 7.11. The molecule has 15 heavy (non-hydrogen) atoms. The molecule has 0 aliphatic carbocycles. The van der Waals surface area contributed by atoms with Gasteiger partial charge in [0.05, 0.1) is 17.4 Å². The summed E-state index contributed by atoms with van der Waals surface area (Å²) in [4.78, 5) is 4.50. The fourth-order valence-electron chi connectivity index (χ4n) is 1.65. The second-order valence-electron chi connectivity index (χ2n) is 4.37. The van der Waals surface area contributed by atoms with Crippen LogP contribution in [-0.4, -0.2) is 13.7 Å². The Morgan fingerprint density at radius 3 is 2.27 bits per heavy atom. The van der Waals surface area contributed by atoms with E-state index < -0.39 is 0 Å². The van der Waals surface area contributed by atoms with Crippen LogP contribution in [0.3, 0.4) is 0 Å². The van der Waals surface area contributed by atoms with Crippen molar-refractivity contribution in [1.29, 1.82) is 0 Å². The molecule has 2 heterocycles. The maximum atomic E-state index is 4.50. The van der Waals surface area contributed by atoms with E-state index in [1.165, 1.54) is 17.3 Å². The van der Waals surface area contributed by atoms with Crippen molar-refractivity contribution in [2.75, 3.05) is 0 Å². The SMILES string of the molecule is CC(C)c1cnc(C(C)C)c2nsnc12. The van der Waals surface area contributed by atoms with Crippen molar-refractivity contribution >= 4 is 22.8 Å². The Bertz CT molecular complexity index is 432. The summed E-state index contributed by atoms with van der Waals surface area (Å²) < 4.78 is 8.72. The first-order valence-corrected chi connectivity index (χ1v) is 5.95. The van der Waals surface area contributed by atoms with Gasteiger partial charge in [-0.15, -0.1) is 0 Å². The molecule has 0 fully saturated rings. The van der Waals surface area contributed by atoms with Gasteiger partial charge in [-0.05, 0) is 11.8 Å². The van der Waals surface area contributed by atoms with Gasteiger partial charge in [-0.1, -0.05) is 27.7 Å². The molecule has 2 aromatic heterocycles. The molecular formula is C11H15N3S. The fraction of sp³-hybridized carbons (Fsp3) is 0.545. The van der Waals surface area contributed by atoms with Crippen LogP contribution >= 0.6 is 11.7 Å². The number of pyridine rings is 1. The van der Waals surface area contributed by atoms with Crippen molar-refractivity contribution in [3.8, 4) is 0 Å². The predicted octanol–water partition coefficient (Wildman–Crippen LogP) is 3.33. The topological polar surface area (TPSA) is 38.7 Å². The lowest BCUT2D eigenvalue weighted by Gasteiger charge is -2.09. The Balaban J connectivity index is 2.71. The fourth-order valence-corrected chi connectivity index (χ4v) is 2.23. The lowest BCUT2D eigenvalue weighted by Crippen LogP contribution is -1.98. The van der Waals surface area contributed by atoms with Crippen LogP contribution in [0.15, 0.2) is 6.20 Å². The smallest absolute Gasteiger partial charge is 0.126 e. The summed E-state index contributed by atoms with van der Waals surface area (Å²) in [6, 6.07) is 0. The van der Waals surface area contributed by atoms with Crippen LogP contribution in [0.25, 0.3) is 11.0 Å². The first kappa shape index (κ1) is 10.5. The molecule has 0 radical (unpaired) electrons. The van der Waals surface area contributed by atoms with E-state index in [0.717, 1.165) is 16.7 Å². The molecule has 2 rings (SSSR count). The van der Waals surface area contributed by atoms with Crippen LogP contribution in [0.2, 0.25) is 0 Å². The van der Waals surface area contributed by atoms with Crippen LogP contribution in [0.4, 0.5) is 0 Å². The van der Waals surface area contributed by atoms with Crippen molar-refractivity contribution in [1.82, 2.24) is 13.7 Å². The molecule has 0 aliphatic heterocycles. The van der Waals surface area contributed by atoms with Gasteiger partial charge in [0.15, 0.2) is 0 Å². The Labute approximate surface area is 93.9 Å². The molecule has 0 spiro atoms. The van der Waals surface area contributed by atoms with Crippen molar-refractivity contribution in [2.45, 2.75) is 39.5 Å². The van der Waals surface area contributed by atoms with Gasteiger partial charge < -0.3 is 0 Å². The van der Waals surface area contributed by atoms with Gasteiger partial charge in [-0.2, -0.15) is 8.75 Å². The van der Waals surface area contributed by atoms with Crippen LogP contribution in [0.1, 0.15) is 50.8 Å². The predicted molar refractivity (Wildman–Crippen MR) is 63.4 cm³/mol. The molecule has 0 aromatic carbocycles. The van der Waals surface area contributed by atoms with Crippen molar-refractivity contribution in [2.24, 2.45) is 0 Å². The molecule has 0 atom stereocenters. The zero-order chi connectivity index (χ0) is 11.0. The zero-order valence-corrected chi connectivity index (χ0v) is 10.3. The Morgan fingerprint density at radius 1 is 1.00 bits per heavy atom. The molecule has 0 bridgehead atoms. The van der Waals surface area contributed by atoms with E-state index in [1.807, 2.05) is 6.20 Å². The van der Waals surface area contributed by atoms with Crippen molar-refractivity contribution < 1.29 is 0 Å². The van der Waals surface area contributed by atoms with E-state index in [1.54, 1.807) is 0 Å². The molecule has 0 unspecified atom stereocenters. The Kier molecular flexibility index (Phi) is 2.69. The molecule has 3 nitrogen and oxygen atoms in total. The monoisotopic (exact) mass is 221 g/mol. The number of fused-ring (bicyclic) bond motifs is 1. The lowest BCUT2D eigenvalue weighted by molar-refractivity contribution is 0.815. The van der Waals surface area contributed by atoms with Gasteiger partial charge in [-0.3, -0.25) is 4.98 Å². The first-order valence-electron chi connectivity index (χ1n) is 5.22. The highest BCUT2D eigenvalue weighted by molar-refractivity contribution is 7.00. The molecule has 0 N–H and O–H groups in total. The minimum Gasteiger partial charge on any atom is -0.258 e. The third kappa shape index (κ3) is 1.74. The van der Waals surface area contributed by atoms with Gasteiger partial charge in [-0.25, -0.2) is 0 Å². The number of rotatable bonds is 2. The number of hydrogen-bond acceptors (Lipinski definition) is 4. The van der Waals surface area contributed by atoms with E-state index in [4.69, 9.17) is 0 Å². The molecule has 4 heteroatoms. The summed E-state index contributed by atoms with van der Waals surface area (Å²) in [5, 5.41) is 0. The van der Waals surface area contributed by atoms with Crippen LogP contribution in [0.5, 0.6) is 0 Å². The van der Waals surface area contributed by atoms with Gasteiger partial charge in [0, 0.05) is 11.8 Å². The van der Waals surface area contributed by atoms with E-state index in [0.29, 0.717) is 11.8 Å². The van der Waals surface area contributed by atoms with Gasteiger partial charge in [0.2, 0.25) is 0 Å². The van der Waals surface area contributed by atoms with E-state index in [9.17, 15) is 0 Å². The van der Waals surface area contributed by atoms with E-state index in [-0.39, 0.29) is 0 Å².